The molecule has 0 atom stereocenters. The van der Waals surface area contributed by atoms with Gasteiger partial charge in [-0.3, -0.25) is 4.72 Å². The highest BCUT2D eigenvalue weighted by atomic mass is 79.9. The summed E-state index contributed by atoms with van der Waals surface area (Å²) in [5.74, 6) is 0.874. The predicted octanol–water partition coefficient (Wildman–Crippen LogP) is 2.96. The van der Waals surface area contributed by atoms with Crippen LogP contribution in [0.4, 0.5) is 5.69 Å². The minimum absolute atomic E-state index is 0.249. The van der Waals surface area contributed by atoms with Crippen molar-refractivity contribution in [2.24, 2.45) is 10.9 Å². The lowest BCUT2D eigenvalue weighted by molar-refractivity contribution is 0.587. The van der Waals surface area contributed by atoms with Gasteiger partial charge in [-0.2, -0.15) is 0 Å². The average molecular weight is 329 g/mol. The van der Waals surface area contributed by atoms with Crippen molar-refractivity contribution in [2.75, 3.05) is 0 Å². The molecule has 6 heteroatoms. The lowest BCUT2D eigenvalue weighted by Crippen LogP contribution is -2.37. The summed E-state index contributed by atoms with van der Waals surface area (Å²) in [4.78, 5) is 4.72. The molecule has 0 aromatic heterocycles. The number of aliphatic imine (C=N–C) groups is 1. The fourth-order valence-electron chi connectivity index (χ4n) is 2.51. The zero-order valence-electron chi connectivity index (χ0n) is 9.69. The van der Waals surface area contributed by atoms with E-state index in [1.807, 2.05) is 6.07 Å². The fraction of sp³-hybridized carbons (Fsp3) is 0.417. The predicted molar refractivity (Wildman–Crippen MR) is 73.5 cm³/mol. The molecular weight excluding hydrogens is 316 g/mol. The minimum Gasteiger partial charge on any atom is -0.267 e. The Morgan fingerprint density at radius 1 is 1.28 bits per heavy atom. The van der Waals surface area contributed by atoms with E-state index >= 15 is 0 Å². The number of hydrogen-bond acceptors (Lipinski definition) is 3. The van der Waals surface area contributed by atoms with E-state index in [4.69, 9.17) is 0 Å². The lowest BCUT2D eigenvalue weighted by atomic mass is 10.1. The number of hydrogen-bond donors (Lipinski definition) is 1. The number of fused-ring (bicyclic) bond motifs is 1. The molecule has 1 saturated carbocycles. The summed E-state index contributed by atoms with van der Waals surface area (Å²) in [7, 11) is -3.46. The summed E-state index contributed by atoms with van der Waals surface area (Å²) < 4.78 is 27.7. The Balaban J connectivity index is 2.09. The van der Waals surface area contributed by atoms with Crippen molar-refractivity contribution in [1.29, 1.82) is 0 Å². The van der Waals surface area contributed by atoms with Crippen LogP contribution in [0, 0.1) is 5.92 Å². The standard InChI is InChI=1S/C12H13BrN2O2S/c13-9-5-6-10-11(7-9)18(16,17)15-12(14-10)8-3-1-2-4-8/h5-8H,1-4H2,(H,14,15). The third kappa shape index (κ3) is 2.07. The molecule has 1 aromatic rings. The Morgan fingerprint density at radius 3 is 2.72 bits per heavy atom. The topological polar surface area (TPSA) is 58.5 Å². The molecule has 1 aliphatic carbocycles. The van der Waals surface area contributed by atoms with Gasteiger partial charge in [0.1, 0.15) is 10.7 Å². The van der Waals surface area contributed by atoms with E-state index in [0.29, 0.717) is 11.5 Å². The van der Waals surface area contributed by atoms with Crippen LogP contribution in [0.5, 0.6) is 0 Å². The van der Waals surface area contributed by atoms with E-state index in [1.165, 1.54) is 0 Å². The molecule has 0 radical (unpaired) electrons. The summed E-state index contributed by atoms with van der Waals surface area (Å²) in [6.45, 7) is 0. The van der Waals surface area contributed by atoms with Crippen LogP contribution < -0.4 is 4.72 Å². The number of sulfonamides is 1. The second kappa shape index (κ2) is 4.35. The summed E-state index contributed by atoms with van der Waals surface area (Å²) in [6, 6.07) is 5.15. The first-order valence-corrected chi connectivity index (χ1v) is 8.25. The van der Waals surface area contributed by atoms with Crippen LogP contribution in [-0.4, -0.2) is 14.3 Å². The second-order valence-corrected chi connectivity index (χ2v) is 7.26. The monoisotopic (exact) mass is 328 g/mol. The first kappa shape index (κ1) is 12.2. The lowest BCUT2D eigenvalue weighted by Gasteiger charge is -2.21. The highest BCUT2D eigenvalue weighted by Crippen LogP contribution is 2.34. The van der Waals surface area contributed by atoms with Gasteiger partial charge in [0, 0.05) is 10.4 Å². The Morgan fingerprint density at radius 2 is 2.00 bits per heavy atom. The van der Waals surface area contributed by atoms with E-state index in [0.717, 1.165) is 30.2 Å². The molecule has 1 aliphatic heterocycles. The summed E-state index contributed by atoms with van der Waals surface area (Å²) in [5, 5.41) is 0. The Kier molecular flexibility index (Phi) is 2.94. The van der Waals surface area contributed by atoms with Crippen LogP contribution in [0.3, 0.4) is 0 Å². The smallest absolute Gasteiger partial charge is 0.265 e. The third-order valence-electron chi connectivity index (χ3n) is 3.43. The van der Waals surface area contributed by atoms with Crippen molar-refractivity contribution in [3.63, 3.8) is 0 Å². The van der Waals surface area contributed by atoms with Gasteiger partial charge in [0.05, 0.1) is 5.69 Å². The van der Waals surface area contributed by atoms with E-state index < -0.39 is 10.0 Å². The second-order valence-electron chi connectivity index (χ2n) is 4.70. The van der Waals surface area contributed by atoms with Crippen molar-refractivity contribution in [1.82, 2.24) is 4.72 Å². The number of nitrogens with zero attached hydrogens (tertiary/aromatic N) is 1. The zero-order valence-corrected chi connectivity index (χ0v) is 12.1. The van der Waals surface area contributed by atoms with Gasteiger partial charge in [0.25, 0.3) is 10.0 Å². The van der Waals surface area contributed by atoms with Gasteiger partial charge in [0.15, 0.2) is 0 Å². The molecule has 1 heterocycles. The van der Waals surface area contributed by atoms with Gasteiger partial charge in [-0.15, -0.1) is 0 Å². The maximum atomic E-state index is 12.2. The molecule has 1 N–H and O–H groups in total. The first-order chi connectivity index (χ1) is 8.56. The molecular formula is C12H13BrN2O2S. The molecule has 2 aliphatic rings. The van der Waals surface area contributed by atoms with Gasteiger partial charge >= 0.3 is 0 Å². The molecule has 0 spiro atoms. The highest BCUT2D eigenvalue weighted by molar-refractivity contribution is 9.10. The number of halogens is 1. The number of nitrogens with one attached hydrogen (secondary N) is 1. The van der Waals surface area contributed by atoms with Crippen LogP contribution in [0.2, 0.25) is 0 Å². The zero-order chi connectivity index (χ0) is 12.8. The molecule has 1 aromatic carbocycles. The van der Waals surface area contributed by atoms with E-state index in [9.17, 15) is 8.42 Å². The van der Waals surface area contributed by atoms with Crippen molar-refractivity contribution in [3.8, 4) is 0 Å². The largest absolute Gasteiger partial charge is 0.267 e. The molecule has 0 saturated heterocycles. The molecule has 0 amide bonds. The minimum atomic E-state index is -3.46. The Bertz CT molecular complexity index is 619. The quantitative estimate of drug-likeness (QED) is 0.861. The summed E-state index contributed by atoms with van der Waals surface area (Å²) in [6.07, 6.45) is 4.34. The van der Waals surface area contributed by atoms with Gasteiger partial charge in [-0.1, -0.05) is 28.8 Å². The molecule has 4 nitrogen and oxygen atoms in total. The Labute approximate surface area is 115 Å². The maximum absolute atomic E-state index is 12.2. The summed E-state index contributed by atoms with van der Waals surface area (Å²) in [5.41, 5.74) is 0.541. The molecule has 96 valence electrons. The van der Waals surface area contributed by atoms with Crippen LogP contribution in [0.25, 0.3) is 0 Å². The number of rotatable bonds is 1. The third-order valence-corrected chi connectivity index (χ3v) is 5.31. The molecule has 18 heavy (non-hydrogen) atoms. The van der Waals surface area contributed by atoms with Crippen molar-refractivity contribution < 1.29 is 8.42 Å². The normalized spacial score (nSPS) is 22.2. The van der Waals surface area contributed by atoms with E-state index in [2.05, 4.69) is 25.6 Å². The van der Waals surface area contributed by atoms with Crippen LogP contribution in [0.15, 0.2) is 32.6 Å². The van der Waals surface area contributed by atoms with Gasteiger partial charge < -0.3 is 0 Å². The maximum Gasteiger partial charge on any atom is 0.265 e. The van der Waals surface area contributed by atoms with Crippen LogP contribution in [0.1, 0.15) is 25.7 Å². The van der Waals surface area contributed by atoms with Crippen LogP contribution >= 0.6 is 15.9 Å². The first-order valence-electron chi connectivity index (χ1n) is 5.97. The van der Waals surface area contributed by atoms with Crippen molar-refractivity contribution in [3.05, 3.63) is 22.7 Å². The number of amidine groups is 1. The fourth-order valence-corrected chi connectivity index (χ4v) is 4.30. The van der Waals surface area contributed by atoms with Gasteiger partial charge in [-0.05, 0) is 31.0 Å². The molecule has 0 bridgehead atoms. The van der Waals surface area contributed by atoms with Gasteiger partial charge in [-0.25, -0.2) is 13.4 Å². The van der Waals surface area contributed by atoms with Crippen molar-refractivity contribution in [2.45, 2.75) is 30.6 Å². The Hall–Kier alpha value is -0.880. The van der Waals surface area contributed by atoms with Gasteiger partial charge in [0.2, 0.25) is 0 Å². The SMILES string of the molecule is O=S1(=O)NC(C2CCCC2)=Nc2ccc(Br)cc21. The van der Waals surface area contributed by atoms with E-state index in [1.54, 1.807) is 12.1 Å². The van der Waals surface area contributed by atoms with Crippen molar-refractivity contribution >= 4 is 37.5 Å². The molecule has 0 unspecified atom stereocenters. The average Bonchev–Trinajstić information content (AvgIpc) is 2.83. The van der Waals surface area contributed by atoms with E-state index in [-0.39, 0.29) is 10.8 Å². The number of benzene rings is 1. The van der Waals surface area contributed by atoms with Crippen LogP contribution in [-0.2, 0) is 10.0 Å². The molecule has 3 rings (SSSR count). The molecule has 1 fully saturated rings. The highest BCUT2D eigenvalue weighted by Gasteiger charge is 2.30. The summed E-state index contributed by atoms with van der Waals surface area (Å²) >= 11 is 3.28.